The summed E-state index contributed by atoms with van der Waals surface area (Å²) in [5.74, 6) is 5.54. The highest BCUT2D eigenvalue weighted by Crippen LogP contribution is 2.25. The molecule has 0 atom stereocenters. The maximum absolute atomic E-state index is 12.1. The number of nitro benzene ring substituents is 1. The molecule has 0 aliphatic carbocycles. The van der Waals surface area contributed by atoms with E-state index in [1.807, 2.05) is 0 Å². The second-order valence-electron chi connectivity index (χ2n) is 3.84. The van der Waals surface area contributed by atoms with E-state index in [-0.39, 0.29) is 22.8 Å². The maximum atomic E-state index is 12.1. The third-order valence-corrected chi connectivity index (χ3v) is 3.97. The monoisotopic (exact) mass is 313 g/mol. The fourth-order valence-corrected chi connectivity index (χ4v) is 2.67. The van der Waals surface area contributed by atoms with Crippen LogP contribution in [0.4, 0.5) is 11.4 Å². The van der Waals surface area contributed by atoms with Gasteiger partial charge in [0.1, 0.15) is 17.0 Å². The van der Waals surface area contributed by atoms with Gasteiger partial charge in [-0.15, -0.1) is 0 Å². The summed E-state index contributed by atoms with van der Waals surface area (Å²) in [4.78, 5) is 13.6. The second kappa shape index (κ2) is 5.82. The van der Waals surface area contributed by atoms with Crippen LogP contribution >= 0.6 is 0 Å². The van der Waals surface area contributed by atoms with Gasteiger partial charge in [-0.25, -0.2) is 18.1 Å². The molecule has 0 fully saturated rings. The van der Waals surface area contributed by atoms with E-state index in [2.05, 4.69) is 25.3 Å². The van der Waals surface area contributed by atoms with E-state index in [0.717, 1.165) is 18.2 Å². The Hall–Kier alpha value is -2.57. The number of nitrogens with zero attached hydrogens (tertiary/aromatic N) is 3. The van der Waals surface area contributed by atoms with Crippen LogP contribution in [0.1, 0.15) is 5.82 Å². The molecule has 0 saturated heterocycles. The minimum Gasteiger partial charge on any atom is -0.323 e. The van der Waals surface area contributed by atoms with Gasteiger partial charge in [-0.1, -0.05) is 0 Å². The molecule has 0 unspecified atom stereocenters. The number of nitrogen functional groups attached to an aromatic ring is 1. The molecule has 0 saturated carbocycles. The Bertz CT molecular complexity index is 743. The fourth-order valence-electron chi connectivity index (χ4n) is 1.54. The summed E-state index contributed by atoms with van der Waals surface area (Å²) in [6.45, 7) is -0.108. The number of H-pyrrole nitrogens is 1. The van der Waals surface area contributed by atoms with E-state index in [9.17, 15) is 18.5 Å². The molecule has 0 amide bonds. The third kappa shape index (κ3) is 3.31. The smallest absolute Gasteiger partial charge is 0.271 e. The first-order valence-electron chi connectivity index (χ1n) is 5.53. The number of nitro groups is 1. The lowest BCUT2D eigenvalue weighted by molar-refractivity contribution is -0.384. The van der Waals surface area contributed by atoms with Gasteiger partial charge in [0.15, 0.2) is 0 Å². The lowest BCUT2D eigenvalue weighted by atomic mass is 10.3. The van der Waals surface area contributed by atoms with Crippen LogP contribution in [-0.4, -0.2) is 28.5 Å². The third-order valence-electron chi connectivity index (χ3n) is 2.51. The van der Waals surface area contributed by atoms with Crippen molar-refractivity contribution in [2.45, 2.75) is 11.4 Å². The molecule has 112 valence electrons. The largest absolute Gasteiger partial charge is 0.323 e. The zero-order valence-corrected chi connectivity index (χ0v) is 11.3. The van der Waals surface area contributed by atoms with Crippen LogP contribution < -0.4 is 16.0 Å². The lowest BCUT2D eigenvalue weighted by Gasteiger charge is -2.10. The number of benzene rings is 1. The molecule has 2 aromatic rings. The van der Waals surface area contributed by atoms with Crippen LogP contribution in [0.25, 0.3) is 0 Å². The molecule has 1 heterocycles. The van der Waals surface area contributed by atoms with Crippen LogP contribution in [0.3, 0.4) is 0 Å². The summed E-state index contributed by atoms with van der Waals surface area (Å²) in [5.41, 5.74) is 1.76. The number of nitrogens with two attached hydrogens (primary N) is 1. The van der Waals surface area contributed by atoms with Crippen molar-refractivity contribution >= 4 is 21.4 Å². The molecule has 11 nitrogen and oxygen atoms in total. The predicted octanol–water partition coefficient (Wildman–Crippen LogP) is -0.523. The van der Waals surface area contributed by atoms with E-state index >= 15 is 0 Å². The summed E-state index contributed by atoms with van der Waals surface area (Å²) in [7, 11) is -3.92. The summed E-state index contributed by atoms with van der Waals surface area (Å²) in [5, 5.41) is 16.7. The summed E-state index contributed by atoms with van der Waals surface area (Å²) < 4.78 is 26.6. The molecule has 0 radical (unpaired) electrons. The highest BCUT2D eigenvalue weighted by Gasteiger charge is 2.21. The summed E-state index contributed by atoms with van der Waals surface area (Å²) in [6, 6.07) is 3.20. The van der Waals surface area contributed by atoms with E-state index in [1.165, 1.54) is 6.33 Å². The van der Waals surface area contributed by atoms with Crippen molar-refractivity contribution in [3.8, 4) is 0 Å². The van der Waals surface area contributed by atoms with Gasteiger partial charge in [0.05, 0.1) is 17.2 Å². The molecular weight excluding hydrogens is 302 g/mol. The van der Waals surface area contributed by atoms with Crippen molar-refractivity contribution in [1.29, 1.82) is 0 Å². The molecular formula is C9H11N7O4S. The first-order chi connectivity index (χ1) is 9.94. The van der Waals surface area contributed by atoms with Crippen molar-refractivity contribution in [3.05, 3.63) is 40.5 Å². The molecule has 1 aromatic heterocycles. The van der Waals surface area contributed by atoms with Crippen LogP contribution in [0.15, 0.2) is 29.4 Å². The number of hydrogen-bond acceptors (Lipinski definition) is 8. The highest BCUT2D eigenvalue weighted by atomic mass is 32.2. The molecule has 5 N–H and O–H groups in total. The first kappa shape index (κ1) is 14.8. The van der Waals surface area contributed by atoms with Gasteiger partial charge in [-0.05, 0) is 6.07 Å². The van der Waals surface area contributed by atoms with Gasteiger partial charge >= 0.3 is 0 Å². The molecule has 12 heteroatoms. The topological polar surface area (TPSA) is 169 Å². The predicted molar refractivity (Wildman–Crippen MR) is 71.3 cm³/mol. The summed E-state index contributed by atoms with van der Waals surface area (Å²) in [6.07, 6.45) is 1.24. The van der Waals surface area contributed by atoms with E-state index < -0.39 is 14.9 Å². The Labute approximate surface area is 118 Å². The van der Waals surface area contributed by atoms with Crippen molar-refractivity contribution < 1.29 is 13.3 Å². The quantitative estimate of drug-likeness (QED) is 0.313. The Kier molecular flexibility index (Phi) is 4.11. The average molecular weight is 313 g/mol. The minimum atomic E-state index is -3.92. The van der Waals surface area contributed by atoms with Crippen LogP contribution in [0, 0.1) is 10.1 Å². The zero-order chi connectivity index (χ0) is 15.5. The number of anilines is 1. The number of sulfonamides is 1. The maximum Gasteiger partial charge on any atom is 0.271 e. The first-order valence-corrected chi connectivity index (χ1v) is 7.01. The molecule has 0 bridgehead atoms. The number of rotatable bonds is 6. The van der Waals surface area contributed by atoms with Gasteiger partial charge < -0.3 is 5.43 Å². The van der Waals surface area contributed by atoms with Crippen molar-refractivity contribution in [3.63, 3.8) is 0 Å². The van der Waals surface area contributed by atoms with Gasteiger partial charge in [0.2, 0.25) is 10.0 Å². The van der Waals surface area contributed by atoms with Gasteiger partial charge in [0, 0.05) is 12.1 Å². The number of non-ortho nitro benzene ring substituents is 1. The molecule has 0 aliphatic heterocycles. The Morgan fingerprint density at radius 3 is 2.76 bits per heavy atom. The minimum absolute atomic E-state index is 0.0886. The summed E-state index contributed by atoms with van der Waals surface area (Å²) >= 11 is 0. The van der Waals surface area contributed by atoms with Crippen molar-refractivity contribution in [2.24, 2.45) is 5.84 Å². The second-order valence-corrected chi connectivity index (χ2v) is 5.57. The van der Waals surface area contributed by atoms with Crippen LogP contribution in [0.2, 0.25) is 0 Å². The Morgan fingerprint density at radius 2 is 2.19 bits per heavy atom. The fraction of sp³-hybridized carbons (Fsp3) is 0.111. The number of aromatic nitrogens is 3. The number of aromatic amines is 1. The average Bonchev–Trinajstić information content (AvgIpc) is 2.97. The molecule has 0 aliphatic rings. The standard InChI is InChI=1S/C9H11N7O4S/c10-14-7-3-6(16(17)18)1-2-8(7)21(19,20)13-4-9-11-5-12-15-9/h1-3,5,13-14H,4,10H2,(H,11,12,15). The SMILES string of the molecule is NNc1cc([N+](=O)[O-])ccc1S(=O)(=O)NCc1ncn[nH]1. The number of nitrogens with one attached hydrogen (secondary N) is 3. The van der Waals surface area contributed by atoms with Crippen LogP contribution in [0.5, 0.6) is 0 Å². The van der Waals surface area contributed by atoms with Gasteiger partial charge in [0.25, 0.3) is 5.69 Å². The van der Waals surface area contributed by atoms with Gasteiger partial charge in [-0.2, -0.15) is 5.10 Å². The molecule has 0 spiro atoms. The van der Waals surface area contributed by atoms with Crippen LogP contribution in [-0.2, 0) is 16.6 Å². The Balaban J connectivity index is 2.28. The van der Waals surface area contributed by atoms with Gasteiger partial charge in [-0.3, -0.25) is 21.1 Å². The Morgan fingerprint density at radius 1 is 1.43 bits per heavy atom. The van der Waals surface area contributed by atoms with E-state index in [1.54, 1.807) is 0 Å². The van der Waals surface area contributed by atoms with E-state index in [4.69, 9.17) is 5.84 Å². The molecule has 2 rings (SSSR count). The van der Waals surface area contributed by atoms with Crippen molar-refractivity contribution in [2.75, 3.05) is 5.43 Å². The van der Waals surface area contributed by atoms with E-state index in [0.29, 0.717) is 5.82 Å². The molecule has 1 aromatic carbocycles. The lowest BCUT2D eigenvalue weighted by Crippen LogP contribution is -2.25. The number of hydrogen-bond donors (Lipinski definition) is 4. The zero-order valence-electron chi connectivity index (χ0n) is 10.5. The number of hydrazine groups is 1. The highest BCUT2D eigenvalue weighted by molar-refractivity contribution is 7.89. The van der Waals surface area contributed by atoms with Crippen molar-refractivity contribution in [1.82, 2.24) is 19.9 Å². The molecule has 21 heavy (non-hydrogen) atoms. The normalized spacial score (nSPS) is 11.3.